The van der Waals surface area contributed by atoms with Gasteiger partial charge in [0, 0.05) is 11.1 Å². The summed E-state index contributed by atoms with van der Waals surface area (Å²) in [6.07, 6.45) is 16.2. The van der Waals surface area contributed by atoms with E-state index in [1.54, 1.807) is 6.92 Å². The number of unbranched alkanes of at least 4 members (excludes halogenated alkanes) is 3. The average Bonchev–Trinajstić information content (AvgIpc) is 2.99. The van der Waals surface area contributed by atoms with E-state index < -0.39 is 23.3 Å². The molecule has 0 aromatic heterocycles. The van der Waals surface area contributed by atoms with Crippen LogP contribution in [-0.2, 0) is 12.8 Å². The van der Waals surface area contributed by atoms with E-state index in [4.69, 9.17) is 4.74 Å². The molecule has 0 aliphatic heterocycles. The van der Waals surface area contributed by atoms with Gasteiger partial charge < -0.3 is 4.74 Å². The van der Waals surface area contributed by atoms with Crippen LogP contribution in [0.5, 0.6) is 5.75 Å². The van der Waals surface area contributed by atoms with E-state index >= 15 is 8.78 Å². The summed E-state index contributed by atoms with van der Waals surface area (Å²) in [5.41, 5.74) is 2.48. The quantitative estimate of drug-likeness (QED) is 0.114. The van der Waals surface area contributed by atoms with Crippen molar-refractivity contribution >= 4 is 0 Å². The SMILES string of the molecule is CCCCCCc1ccc(CCC=CC2CCC(c3ccc(-c4ccc(OCC)c(F)c4F)c(F)c3F)CC2)cc1. The summed E-state index contributed by atoms with van der Waals surface area (Å²) in [4.78, 5) is 0. The largest absolute Gasteiger partial charge is 0.491 e. The average molecular weight is 567 g/mol. The molecule has 0 unspecified atom stereocenters. The van der Waals surface area contributed by atoms with Gasteiger partial charge in [-0.15, -0.1) is 0 Å². The maximum Gasteiger partial charge on any atom is 0.201 e. The van der Waals surface area contributed by atoms with Crippen LogP contribution >= 0.6 is 0 Å². The minimum absolute atomic E-state index is 0.0920. The van der Waals surface area contributed by atoms with Gasteiger partial charge in [-0.3, -0.25) is 0 Å². The fourth-order valence-corrected chi connectivity index (χ4v) is 5.88. The van der Waals surface area contributed by atoms with Gasteiger partial charge in [0.05, 0.1) is 6.61 Å². The Bertz CT molecular complexity index is 1290. The lowest BCUT2D eigenvalue weighted by Crippen LogP contribution is -2.14. The maximum absolute atomic E-state index is 15.2. The molecule has 1 aliphatic rings. The molecule has 41 heavy (non-hydrogen) atoms. The second-order valence-electron chi connectivity index (χ2n) is 11.2. The topological polar surface area (TPSA) is 9.23 Å². The highest BCUT2D eigenvalue weighted by molar-refractivity contribution is 5.66. The summed E-state index contributed by atoms with van der Waals surface area (Å²) in [6, 6.07) is 14.4. The molecule has 0 atom stereocenters. The number of hydrogen-bond donors (Lipinski definition) is 0. The summed E-state index contributed by atoms with van der Waals surface area (Å²) in [6.45, 7) is 4.05. The summed E-state index contributed by atoms with van der Waals surface area (Å²) < 4.78 is 64.3. The van der Waals surface area contributed by atoms with Crippen LogP contribution in [0.4, 0.5) is 17.6 Å². The molecule has 0 heterocycles. The van der Waals surface area contributed by atoms with Gasteiger partial charge >= 0.3 is 0 Å². The van der Waals surface area contributed by atoms with E-state index in [0.717, 1.165) is 44.9 Å². The Balaban J connectivity index is 1.28. The van der Waals surface area contributed by atoms with Crippen LogP contribution in [0.3, 0.4) is 0 Å². The van der Waals surface area contributed by atoms with Gasteiger partial charge in [0.15, 0.2) is 23.2 Å². The maximum atomic E-state index is 15.2. The molecule has 3 aromatic carbocycles. The number of benzene rings is 3. The van der Waals surface area contributed by atoms with Crippen LogP contribution in [-0.4, -0.2) is 6.61 Å². The number of hydrogen-bond acceptors (Lipinski definition) is 1. The Kier molecular flexibility index (Phi) is 11.5. The third-order valence-electron chi connectivity index (χ3n) is 8.31. The summed E-state index contributed by atoms with van der Waals surface area (Å²) >= 11 is 0. The lowest BCUT2D eigenvalue weighted by atomic mass is 9.78. The summed E-state index contributed by atoms with van der Waals surface area (Å²) in [7, 11) is 0. The molecule has 1 aliphatic carbocycles. The van der Waals surface area contributed by atoms with Gasteiger partial charge in [0.2, 0.25) is 5.82 Å². The zero-order chi connectivity index (χ0) is 29.2. The monoisotopic (exact) mass is 566 g/mol. The molecule has 5 heteroatoms. The molecule has 0 spiro atoms. The van der Waals surface area contributed by atoms with Gasteiger partial charge in [-0.25, -0.2) is 13.2 Å². The molecule has 1 nitrogen and oxygen atoms in total. The van der Waals surface area contributed by atoms with Crippen molar-refractivity contribution < 1.29 is 22.3 Å². The molecule has 220 valence electrons. The first kappa shape index (κ1) is 30.9. The van der Waals surface area contributed by atoms with E-state index in [2.05, 4.69) is 43.3 Å². The van der Waals surface area contributed by atoms with Crippen molar-refractivity contribution in [2.75, 3.05) is 6.61 Å². The predicted molar refractivity (Wildman–Crippen MR) is 159 cm³/mol. The lowest BCUT2D eigenvalue weighted by Gasteiger charge is -2.27. The standard InChI is InChI=1S/C36H42F4O/c1-3-5-6-7-10-25-13-15-26(16-14-25)11-8-9-12-27-17-19-28(20-18-27)29-21-22-30(34(38)33(29)37)31-23-24-32(41-4-2)36(40)35(31)39/h9,12-16,21-24,27-28H,3-8,10-11,17-20H2,1-2H3. The number of aryl methyl sites for hydroxylation is 2. The molecule has 3 aromatic rings. The summed E-state index contributed by atoms with van der Waals surface area (Å²) in [5, 5.41) is 0. The van der Waals surface area contributed by atoms with Gasteiger partial charge in [-0.05, 0) is 98.9 Å². The van der Waals surface area contributed by atoms with Crippen molar-refractivity contribution in [3.05, 3.63) is 101 Å². The van der Waals surface area contributed by atoms with E-state index in [0.29, 0.717) is 11.5 Å². The molecule has 1 saturated carbocycles. The minimum atomic E-state index is -1.25. The fourth-order valence-electron chi connectivity index (χ4n) is 5.88. The van der Waals surface area contributed by atoms with Crippen molar-refractivity contribution in [2.45, 2.75) is 90.4 Å². The lowest BCUT2D eigenvalue weighted by molar-refractivity contribution is 0.314. The number of rotatable bonds is 13. The Morgan fingerprint density at radius 2 is 1.32 bits per heavy atom. The normalized spacial score (nSPS) is 17.3. The van der Waals surface area contributed by atoms with Crippen LogP contribution in [0.15, 0.2) is 60.7 Å². The van der Waals surface area contributed by atoms with Crippen molar-refractivity contribution in [3.8, 4) is 16.9 Å². The van der Waals surface area contributed by atoms with Crippen molar-refractivity contribution in [1.29, 1.82) is 0 Å². The number of ether oxygens (including phenoxy) is 1. The van der Waals surface area contributed by atoms with Gasteiger partial charge in [-0.2, -0.15) is 4.39 Å². The summed E-state index contributed by atoms with van der Waals surface area (Å²) in [5.74, 6) is -4.47. The Morgan fingerprint density at radius 3 is 1.98 bits per heavy atom. The first-order valence-corrected chi connectivity index (χ1v) is 15.3. The number of halogens is 4. The minimum Gasteiger partial charge on any atom is -0.491 e. The Labute approximate surface area is 242 Å². The van der Waals surface area contributed by atoms with Gasteiger partial charge in [0.1, 0.15) is 0 Å². The van der Waals surface area contributed by atoms with Gasteiger partial charge in [-0.1, -0.05) is 74.7 Å². The van der Waals surface area contributed by atoms with E-state index in [9.17, 15) is 8.78 Å². The molecule has 0 radical (unpaired) electrons. The third kappa shape index (κ3) is 8.02. The van der Waals surface area contributed by atoms with Crippen LogP contribution < -0.4 is 4.74 Å². The van der Waals surface area contributed by atoms with Crippen LogP contribution in [0, 0.1) is 29.2 Å². The smallest absolute Gasteiger partial charge is 0.201 e. The van der Waals surface area contributed by atoms with E-state index in [-0.39, 0.29) is 29.4 Å². The van der Waals surface area contributed by atoms with Crippen molar-refractivity contribution in [1.82, 2.24) is 0 Å². The molecule has 0 bridgehead atoms. The van der Waals surface area contributed by atoms with E-state index in [1.165, 1.54) is 61.1 Å². The zero-order valence-corrected chi connectivity index (χ0v) is 24.3. The highest BCUT2D eigenvalue weighted by Gasteiger charge is 2.27. The highest BCUT2D eigenvalue weighted by Crippen LogP contribution is 2.40. The van der Waals surface area contributed by atoms with Crippen LogP contribution in [0.2, 0.25) is 0 Å². The molecule has 4 rings (SSSR count). The predicted octanol–water partition coefficient (Wildman–Crippen LogP) is 10.9. The molecule has 0 amide bonds. The molecular weight excluding hydrogens is 524 g/mol. The first-order valence-electron chi connectivity index (χ1n) is 15.3. The first-order chi connectivity index (χ1) is 19.9. The van der Waals surface area contributed by atoms with E-state index in [1.807, 2.05) is 0 Å². The zero-order valence-electron chi connectivity index (χ0n) is 24.3. The van der Waals surface area contributed by atoms with Crippen molar-refractivity contribution in [3.63, 3.8) is 0 Å². The molecular formula is C36H42F4O. The molecule has 0 N–H and O–H groups in total. The third-order valence-corrected chi connectivity index (χ3v) is 8.31. The second-order valence-corrected chi connectivity index (χ2v) is 11.2. The second kappa shape index (κ2) is 15.2. The Hall–Kier alpha value is -3.08. The van der Waals surface area contributed by atoms with Crippen LogP contribution in [0.25, 0.3) is 11.1 Å². The Morgan fingerprint density at radius 1 is 0.683 bits per heavy atom. The molecule has 0 saturated heterocycles. The molecule has 1 fully saturated rings. The van der Waals surface area contributed by atoms with Crippen molar-refractivity contribution in [2.24, 2.45) is 5.92 Å². The fraction of sp³-hybridized carbons (Fsp3) is 0.444. The highest BCUT2D eigenvalue weighted by atomic mass is 19.2. The van der Waals surface area contributed by atoms with Crippen LogP contribution in [0.1, 0.15) is 94.2 Å². The number of allylic oxidation sites excluding steroid dienone is 2. The van der Waals surface area contributed by atoms with Gasteiger partial charge in [0.25, 0.3) is 0 Å².